The first kappa shape index (κ1) is 26.9. The summed E-state index contributed by atoms with van der Waals surface area (Å²) in [4.78, 5) is 0. The number of benzene rings is 6. The Morgan fingerprint density at radius 2 is 0.860 bits per heavy atom. The SMILES string of the molecule is FC(F)(F)c1ccc(-c2ccc3c(c2)-c2ccccc2C3)cc1.Fc1ccc(-c2ccc3c(c2)Cc2ccccc2-3)cc1. The van der Waals surface area contributed by atoms with E-state index in [-0.39, 0.29) is 5.82 Å². The summed E-state index contributed by atoms with van der Waals surface area (Å²) in [6.07, 6.45) is -2.39. The number of halogens is 4. The largest absolute Gasteiger partial charge is 0.416 e. The van der Waals surface area contributed by atoms with E-state index in [9.17, 15) is 17.6 Å². The lowest BCUT2D eigenvalue weighted by Gasteiger charge is -2.09. The van der Waals surface area contributed by atoms with Crippen LogP contribution in [-0.4, -0.2) is 0 Å². The summed E-state index contributed by atoms with van der Waals surface area (Å²) in [6, 6.07) is 41.5. The summed E-state index contributed by atoms with van der Waals surface area (Å²) in [5, 5.41) is 0. The molecule has 0 fully saturated rings. The molecule has 6 aromatic carbocycles. The molecule has 0 unspecified atom stereocenters. The maximum atomic E-state index is 13.0. The molecule has 0 amide bonds. The van der Waals surface area contributed by atoms with Crippen molar-refractivity contribution in [3.05, 3.63) is 167 Å². The minimum absolute atomic E-state index is 0.192. The van der Waals surface area contributed by atoms with E-state index in [1.165, 1.54) is 68.8 Å². The topological polar surface area (TPSA) is 0 Å². The van der Waals surface area contributed by atoms with E-state index >= 15 is 0 Å². The van der Waals surface area contributed by atoms with Crippen LogP contribution in [0.1, 0.15) is 27.8 Å². The van der Waals surface area contributed by atoms with Gasteiger partial charge in [0.1, 0.15) is 5.82 Å². The van der Waals surface area contributed by atoms with Gasteiger partial charge < -0.3 is 0 Å². The van der Waals surface area contributed by atoms with Gasteiger partial charge in [-0.25, -0.2) is 4.39 Å². The summed E-state index contributed by atoms with van der Waals surface area (Å²) in [5.74, 6) is -0.192. The van der Waals surface area contributed by atoms with Gasteiger partial charge in [0.05, 0.1) is 5.56 Å². The summed E-state index contributed by atoms with van der Waals surface area (Å²) in [5.41, 5.74) is 13.7. The molecule has 0 saturated carbocycles. The van der Waals surface area contributed by atoms with Crippen LogP contribution in [0.3, 0.4) is 0 Å². The number of hydrogen-bond acceptors (Lipinski definition) is 0. The number of alkyl halides is 3. The standard InChI is InChI=1S/C20H13F3.C19H13F/c21-20(22,23)17-9-7-13(8-10-17)14-5-6-16-11-15-3-1-2-4-18(15)19(16)12-14;20-17-8-5-13(6-9-17)14-7-10-19-16(11-14)12-15-3-1-2-4-18(15)19/h1-10,12H,11H2;1-11H,12H2. The van der Waals surface area contributed by atoms with E-state index in [2.05, 4.69) is 66.7 Å². The predicted octanol–water partition coefficient (Wildman–Crippen LogP) is 11.0. The second kappa shape index (κ2) is 10.7. The van der Waals surface area contributed by atoms with Crippen LogP contribution in [0.25, 0.3) is 44.5 Å². The second-order valence-corrected chi connectivity index (χ2v) is 11.0. The van der Waals surface area contributed by atoms with Gasteiger partial charge in [-0.1, -0.05) is 103 Å². The van der Waals surface area contributed by atoms with Crippen molar-refractivity contribution in [3.8, 4) is 44.5 Å². The highest BCUT2D eigenvalue weighted by Crippen LogP contribution is 2.40. The van der Waals surface area contributed by atoms with E-state index in [1.807, 2.05) is 30.3 Å². The van der Waals surface area contributed by atoms with Gasteiger partial charge in [-0.2, -0.15) is 13.2 Å². The van der Waals surface area contributed by atoms with Crippen molar-refractivity contribution in [3.63, 3.8) is 0 Å². The van der Waals surface area contributed by atoms with Crippen LogP contribution in [0.4, 0.5) is 17.6 Å². The van der Waals surface area contributed by atoms with Crippen molar-refractivity contribution < 1.29 is 17.6 Å². The van der Waals surface area contributed by atoms with Crippen LogP contribution >= 0.6 is 0 Å². The van der Waals surface area contributed by atoms with Crippen molar-refractivity contribution in [2.75, 3.05) is 0 Å². The van der Waals surface area contributed by atoms with Crippen LogP contribution in [0.15, 0.2) is 133 Å². The summed E-state index contributed by atoms with van der Waals surface area (Å²) in [6.45, 7) is 0. The molecule has 0 aromatic heterocycles. The van der Waals surface area contributed by atoms with Gasteiger partial charge >= 0.3 is 6.18 Å². The molecule has 0 nitrogen and oxygen atoms in total. The zero-order valence-corrected chi connectivity index (χ0v) is 23.1. The maximum absolute atomic E-state index is 13.0. The second-order valence-electron chi connectivity index (χ2n) is 11.0. The predicted molar refractivity (Wildman–Crippen MR) is 165 cm³/mol. The van der Waals surface area contributed by atoms with Crippen molar-refractivity contribution >= 4 is 0 Å². The van der Waals surface area contributed by atoms with Gasteiger partial charge in [-0.05, 0) is 110 Å². The molecule has 8 rings (SSSR count). The molecule has 0 radical (unpaired) electrons. The monoisotopic (exact) mass is 570 g/mol. The fourth-order valence-electron chi connectivity index (χ4n) is 6.12. The van der Waals surface area contributed by atoms with E-state index < -0.39 is 11.7 Å². The first-order chi connectivity index (χ1) is 20.8. The van der Waals surface area contributed by atoms with E-state index in [1.54, 1.807) is 0 Å². The third-order valence-corrected chi connectivity index (χ3v) is 8.32. The van der Waals surface area contributed by atoms with Crippen molar-refractivity contribution in [2.24, 2.45) is 0 Å². The Morgan fingerprint density at radius 1 is 0.395 bits per heavy atom. The third-order valence-electron chi connectivity index (χ3n) is 8.32. The lowest BCUT2D eigenvalue weighted by molar-refractivity contribution is -0.137. The van der Waals surface area contributed by atoms with E-state index in [4.69, 9.17) is 0 Å². The lowest BCUT2D eigenvalue weighted by Crippen LogP contribution is -2.03. The Kier molecular flexibility index (Phi) is 6.70. The van der Waals surface area contributed by atoms with Gasteiger partial charge in [0.2, 0.25) is 0 Å². The molecule has 2 aliphatic rings. The fraction of sp³-hybridized carbons (Fsp3) is 0.0769. The molecular weight excluding hydrogens is 544 g/mol. The number of fused-ring (bicyclic) bond motifs is 6. The maximum Gasteiger partial charge on any atom is 0.416 e. The first-order valence-corrected chi connectivity index (χ1v) is 14.2. The van der Waals surface area contributed by atoms with Crippen LogP contribution in [0, 0.1) is 5.82 Å². The Labute approximate surface area is 247 Å². The zero-order valence-electron chi connectivity index (χ0n) is 23.1. The number of rotatable bonds is 2. The Balaban J connectivity index is 0.000000141. The van der Waals surface area contributed by atoms with E-state index in [0.29, 0.717) is 0 Å². The molecule has 0 N–H and O–H groups in total. The molecule has 210 valence electrons. The van der Waals surface area contributed by atoms with Crippen molar-refractivity contribution in [2.45, 2.75) is 19.0 Å². The molecule has 43 heavy (non-hydrogen) atoms. The van der Waals surface area contributed by atoms with Gasteiger partial charge in [0, 0.05) is 0 Å². The molecule has 0 spiro atoms. The van der Waals surface area contributed by atoms with Gasteiger partial charge in [-0.3, -0.25) is 0 Å². The van der Waals surface area contributed by atoms with Crippen LogP contribution < -0.4 is 0 Å². The highest BCUT2D eigenvalue weighted by molar-refractivity contribution is 5.82. The molecule has 0 atom stereocenters. The molecule has 6 aromatic rings. The molecule has 0 heterocycles. The minimum atomic E-state index is -4.30. The summed E-state index contributed by atoms with van der Waals surface area (Å²) in [7, 11) is 0. The molecule has 0 bridgehead atoms. The van der Waals surface area contributed by atoms with Gasteiger partial charge in [0.15, 0.2) is 0 Å². The van der Waals surface area contributed by atoms with Crippen molar-refractivity contribution in [1.29, 1.82) is 0 Å². The Hall–Kier alpha value is -4.96. The smallest absolute Gasteiger partial charge is 0.207 e. The third kappa shape index (κ3) is 5.25. The summed E-state index contributed by atoms with van der Waals surface area (Å²) < 4.78 is 51.0. The number of hydrogen-bond donors (Lipinski definition) is 0. The van der Waals surface area contributed by atoms with Crippen molar-refractivity contribution in [1.82, 2.24) is 0 Å². The van der Waals surface area contributed by atoms with Gasteiger partial charge in [0.25, 0.3) is 0 Å². The lowest BCUT2D eigenvalue weighted by atomic mass is 9.98. The molecule has 0 aliphatic heterocycles. The van der Waals surface area contributed by atoms with Gasteiger partial charge in [-0.15, -0.1) is 0 Å². The highest BCUT2D eigenvalue weighted by atomic mass is 19.4. The first-order valence-electron chi connectivity index (χ1n) is 14.2. The molecule has 0 saturated heterocycles. The molecule has 4 heteroatoms. The quantitative estimate of drug-likeness (QED) is 0.181. The Morgan fingerprint density at radius 3 is 1.51 bits per heavy atom. The van der Waals surface area contributed by atoms with Crippen LogP contribution in [-0.2, 0) is 19.0 Å². The normalized spacial score (nSPS) is 12.5. The van der Waals surface area contributed by atoms with Crippen LogP contribution in [0.2, 0.25) is 0 Å². The average molecular weight is 571 g/mol. The molecule has 2 aliphatic carbocycles. The summed E-state index contributed by atoms with van der Waals surface area (Å²) >= 11 is 0. The fourth-order valence-corrected chi connectivity index (χ4v) is 6.12. The minimum Gasteiger partial charge on any atom is -0.207 e. The Bertz CT molecular complexity index is 1950. The zero-order chi connectivity index (χ0) is 29.6. The highest BCUT2D eigenvalue weighted by Gasteiger charge is 2.30. The molecular formula is C39H26F4. The van der Waals surface area contributed by atoms with E-state index in [0.717, 1.165) is 47.2 Å². The van der Waals surface area contributed by atoms with Crippen LogP contribution in [0.5, 0.6) is 0 Å². The average Bonchev–Trinajstić information content (AvgIpc) is 3.59.